The van der Waals surface area contributed by atoms with Crippen molar-refractivity contribution in [1.82, 2.24) is 9.55 Å². The van der Waals surface area contributed by atoms with E-state index in [4.69, 9.17) is 4.74 Å². The number of ether oxygens (including phenoxy) is 1. The quantitative estimate of drug-likeness (QED) is 0.618. The summed E-state index contributed by atoms with van der Waals surface area (Å²) in [5.74, 6) is 1.32. The molecule has 3 aromatic rings. The Morgan fingerprint density at radius 1 is 1.03 bits per heavy atom. The van der Waals surface area contributed by atoms with Crippen molar-refractivity contribution in [2.75, 3.05) is 0 Å². The van der Waals surface area contributed by atoms with Gasteiger partial charge in [-0.1, -0.05) is 61.7 Å². The largest absolute Gasteiger partial charge is 0.488 e. The van der Waals surface area contributed by atoms with E-state index in [0.29, 0.717) is 12.5 Å². The second kappa shape index (κ2) is 8.03. The van der Waals surface area contributed by atoms with Gasteiger partial charge in [0.05, 0.1) is 30.4 Å². The lowest BCUT2D eigenvalue weighted by Crippen LogP contribution is -2.26. The van der Waals surface area contributed by atoms with E-state index in [1.165, 1.54) is 24.8 Å². The number of hydrogen-bond donors (Lipinski definition) is 1. The normalized spacial score (nSPS) is 19.6. The first kappa shape index (κ1) is 18.4. The van der Waals surface area contributed by atoms with Crippen LogP contribution in [0.25, 0.3) is 11.3 Å². The summed E-state index contributed by atoms with van der Waals surface area (Å²) in [4.78, 5) is 4.40. The number of aliphatic hydroxyl groups excluding tert-OH is 1. The van der Waals surface area contributed by atoms with E-state index < -0.39 is 0 Å². The van der Waals surface area contributed by atoms with E-state index in [0.717, 1.165) is 41.8 Å². The fourth-order valence-electron chi connectivity index (χ4n) is 5.03. The Morgan fingerprint density at radius 2 is 1.86 bits per heavy atom. The van der Waals surface area contributed by atoms with Crippen LogP contribution >= 0.6 is 0 Å². The highest BCUT2D eigenvalue weighted by Crippen LogP contribution is 2.47. The number of aliphatic hydroxyl groups is 1. The molecule has 1 aromatic heterocycles. The summed E-state index contributed by atoms with van der Waals surface area (Å²) in [6.45, 7) is 0.542. The number of fused-ring (bicyclic) bond motifs is 3. The molecular weight excluding hydrogens is 360 g/mol. The topological polar surface area (TPSA) is 47.3 Å². The van der Waals surface area contributed by atoms with E-state index in [1.807, 2.05) is 36.8 Å². The number of rotatable bonds is 6. The van der Waals surface area contributed by atoms with E-state index in [-0.39, 0.29) is 12.1 Å². The van der Waals surface area contributed by atoms with Crippen LogP contribution in [0.4, 0.5) is 0 Å². The summed E-state index contributed by atoms with van der Waals surface area (Å²) in [6.07, 6.45) is 10.4. The number of imidazole rings is 1. The van der Waals surface area contributed by atoms with Gasteiger partial charge in [0, 0.05) is 5.56 Å². The molecule has 150 valence electrons. The smallest absolute Gasteiger partial charge is 0.129 e. The average molecular weight is 389 g/mol. The van der Waals surface area contributed by atoms with Gasteiger partial charge in [-0.25, -0.2) is 4.98 Å². The predicted octanol–water partition coefficient (Wildman–Crippen LogP) is 5.36. The Bertz CT molecular complexity index is 960. The summed E-state index contributed by atoms with van der Waals surface area (Å²) >= 11 is 0. The highest BCUT2D eigenvalue weighted by Gasteiger charge is 2.34. The van der Waals surface area contributed by atoms with Gasteiger partial charge < -0.3 is 14.4 Å². The van der Waals surface area contributed by atoms with Crippen LogP contribution in [0.1, 0.15) is 55.7 Å². The summed E-state index contributed by atoms with van der Waals surface area (Å²) < 4.78 is 8.44. The lowest BCUT2D eigenvalue weighted by atomic mass is 9.82. The third-order valence-electron chi connectivity index (χ3n) is 6.57. The van der Waals surface area contributed by atoms with Crippen LogP contribution in [-0.4, -0.2) is 20.8 Å². The highest BCUT2D eigenvalue weighted by atomic mass is 16.5. The van der Waals surface area contributed by atoms with Crippen LogP contribution in [0, 0.1) is 5.92 Å². The molecule has 0 radical (unpaired) electrons. The van der Waals surface area contributed by atoms with Crippen LogP contribution in [-0.2, 0) is 6.61 Å². The van der Waals surface area contributed by atoms with Gasteiger partial charge in [0.25, 0.3) is 0 Å². The summed E-state index contributed by atoms with van der Waals surface area (Å²) in [5, 5.41) is 11.0. The molecule has 1 aliphatic heterocycles. The van der Waals surface area contributed by atoms with Crippen LogP contribution < -0.4 is 4.74 Å². The van der Waals surface area contributed by atoms with Gasteiger partial charge in [-0.15, -0.1) is 0 Å². The molecule has 2 aliphatic rings. The molecule has 2 aromatic carbocycles. The van der Waals surface area contributed by atoms with Crippen molar-refractivity contribution in [3.05, 3.63) is 72.2 Å². The summed E-state index contributed by atoms with van der Waals surface area (Å²) in [7, 11) is 0. The summed E-state index contributed by atoms with van der Waals surface area (Å²) in [6, 6.07) is 16.7. The first-order valence-electron chi connectivity index (χ1n) is 10.8. The van der Waals surface area contributed by atoms with Crippen molar-refractivity contribution in [1.29, 1.82) is 0 Å². The van der Waals surface area contributed by atoms with Crippen LogP contribution in [0.3, 0.4) is 0 Å². The average Bonchev–Trinajstić information content (AvgIpc) is 3.36. The Morgan fingerprint density at radius 3 is 2.69 bits per heavy atom. The van der Waals surface area contributed by atoms with Crippen molar-refractivity contribution < 1.29 is 9.84 Å². The highest BCUT2D eigenvalue weighted by molar-refractivity contribution is 5.75. The Balaban J connectivity index is 1.41. The van der Waals surface area contributed by atoms with Gasteiger partial charge in [-0.3, -0.25) is 0 Å². The number of nitrogens with zero attached hydrogens (tertiary/aromatic N) is 2. The molecule has 1 aliphatic carbocycles. The zero-order chi connectivity index (χ0) is 19.6. The maximum atomic E-state index is 11.0. The van der Waals surface area contributed by atoms with E-state index in [9.17, 15) is 5.11 Å². The third-order valence-corrected chi connectivity index (χ3v) is 6.57. The molecule has 4 heteroatoms. The number of benzene rings is 2. The summed E-state index contributed by atoms with van der Waals surface area (Å²) in [5.41, 5.74) is 4.61. The monoisotopic (exact) mass is 388 g/mol. The van der Waals surface area contributed by atoms with Gasteiger partial charge in [0.2, 0.25) is 0 Å². The van der Waals surface area contributed by atoms with Crippen molar-refractivity contribution in [3.63, 3.8) is 0 Å². The van der Waals surface area contributed by atoms with E-state index in [1.54, 1.807) is 0 Å². The molecule has 2 heterocycles. The van der Waals surface area contributed by atoms with Crippen LogP contribution in [0.15, 0.2) is 61.1 Å². The zero-order valence-corrected chi connectivity index (χ0v) is 16.7. The minimum absolute atomic E-state index is 0.125. The molecule has 1 fully saturated rings. The minimum Gasteiger partial charge on any atom is -0.488 e. The molecule has 0 spiro atoms. The molecule has 0 bridgehead atoms. The molecule has 0 saturated heterocycles. The van der Waals surface area contributed by atoms with Gasteiger partial charge >= 0.3 is 0 Å². The van der Waals surface area contributed by atoms with Crippen molar-refractivity contribution in [2.45, 2.75) is 57.3 Å². The SMILES string of the molecule is OC(CC1c2cccc(OCc3ccccc3)c2-c2cncn21)C1CCCCC1. The minimum atomic E-state index is -0.268. The predicted molar refractivity (Wildman–Crippen MR) is 114 cm³/mol. The molecule has 1 N–H and O–H groups in total. The Labute approximate surface area is 172 Å². The fourth-order valence-corrected chi connectivity index (χ4v) is 5.03. The molecule has 1 saturated carbocycles. The fraction of sp³-hybridized carbons (Fsp3) is 0.400. The van der Waals surface area contributed by atoms with Gasteiger partial charge in [-0.2, -0.15) is 0 Å². The lowest BCUT2D eigenvalue weighted by Gasteiger charge is -2.29. The molecule has 2 atom stereocenters. The second-order valence-corrected chi connectivity index (χ2v) is 8.40. The van der Waals surface area contributed by atoms with Crippen molar-refractivity contribution in [2.24, 2.45) is 5.92 Å². The first-order chi connectivity index (χ1) is 14.3. The molecule has 4 nitrogen and oxygen atoms in total. The molecule has 29 heavy (non-hydrogen) atoms. The van der Waals surface area contributed by atoms with Gasteiger partial charge in [0.1, 0.15) is 12.4 Å². The maximum Gasteiger partial charge on any atom is 0.129 e. The van der Waals surface area contributed by atoms with Crippen LogP contribution in [0.2, 0.25) is 0 Å². The number of hydrogen-bond acceptors (Lipinski definition) is 3. The van der Waals surface area contributed by atoms with Gasteiger partial charge in [0.15, 0.2) is 0 Å². The first-order valence-corrected chi connectivity index (χ1v) is 10.8. The van der Waals surface area contributed by atoms with E-state index in [2.05, 4.69) is 33.8 Å². The lowest BCUT2D eigenvalue weighted by molar-refractivity contribution is 0.0686. The number of aromatic nitrogens is 2. The molecular formula is C25H28N2O2. The molecule has 2 unspecified atom stereocenters. The molecule has 5 rings (SSSR count). The zero-order valence-electron chi connectivity index (χ0n) is 16.7. The van der Waals surface area contributed by atoms with Gasteiger partial charge in [-0.05, 0) is 42.4 Å². The van der Waals surface area contributed by atoms with Crippen LogP contribution in [0.5, 0.6) is 5.75 Å². The Kier molecular flexibility index (Phi) is 5.11. The van der Waals surface area contributed by atoms with Crippen molar-refractivity contribution >= 4 is 0 Å². The molecule has 0 amide bonds. The maximum absolute atomic E-state index is 11.0. The standard InChI is InChI=1S/C25H28N2O2/c28-23(19-10-5-2-6-11-19)14-21-20-12-7-13-24(25(20)22-15-26-17-27(21)22)29-16-18-8-3-1-4-9-18/h1,3-4,7-9,12-13,15,17,19,21,23,28H,2,5-6,10-11,14,16H2. The van der Waals surface area contributed by atoms with Crippen molar-refractivity contribution in [3.8, 4) is 17.0 Å². The van der Waals surface area contributed by atoms with E-state index >= 15 is 0 Å². The Hall–Kier alpha value is -2.59. The second-order valence-electron chi connectivity index (χ2n) is 8.40. The third kappa shape index (κ3) is 3.58.